The molecule has 0 aliphatic carbocycles. The van der Waals surface area contributed by atoms with Crippen LogP contribution < -0.4 is 5.32 Å². The topological polar surface area (TPSA) is 65.8 Å². The minimum absolute atomic E-state index is 0.0411. The Morgan fingerprint density at radius 1 is 1.17 bits per heavy atom. The molecule has 2 aromatic rings. The average Bonchev–Trinajstić information content (AvgIpc) is 3.50. The lowest BCUT2D eigenvalue weighted by atomic mass is 10.1. The predicted octanol–water partition coefficient (Wildman–Crippen LogP) is 3.27. The van der Waals surface area contributed by atoms with Gasteiger partial charge in [0.2, 0.25) is 5.91 Å². The SMILES string of the molecule is O=C(NCCCN1CCCC1)c1ccc(C2SCC(=O)N2Cc2ccco2)cc1. The van der Waals surface area contributed by atoms with E-state index in [1.165, 1.54) is 25.9 Å². The van der Waals surface area contributed by atoms with Gasteiger partial charge in [-0.1, -0.05) is 12.1 Å². The second-order valence-electron chi connectivity index (χ2n) is 7.54. The van der Waals surface area contributed by atoms with Gasteiger partial charge in [-0.2, -0.15) is 0 Å². The summed E-state index contributed by atoms with van der Waals surface area (Å²) in [6.07, 6.45) is 5.19. The number of rotatable bonds is 8. The van der Waals surface area contributed by atoms with Crippen molar-refractivity contribution in [3.63, 3.8) is 0 Å². The molecule has 0 radical (unpaired) electrons. The van der Waals surface area contributed by atoms with Crippen LogP contribution in [0.15, 0.2) is 47.1 Å². The van der Waals surface area contributed by atoms with Crippen molar-refractivity contribution in [1.29, 1.82) is 0 Å². The molecule has 1 N–H and O–H groups in total. The molecule has 2 saturated heterocycles. The molecular formula is C22H27N3O3S. The third kappa shape index (κ3) is 5.03. The Morgan fingerprint density at radius 3 is 2.69 bits per heavy atom. The molecule has 2 amide bonds. The Morgan fingerprint density at radius 2 is 1.97 bits per heavy atom. The van der Waals surface area contributed by atoms with Crippen molar-refractivity contribution in [3.05, 3.63) is 59.5 Å². The second kappa shape index (κ2) is 9.50. The van der Waals surface area contributed by atoms with E-state index in [0.29, 0.717) is 24.4 Å². The van der Waals surface area contributed by atoms with Gasteiger partial charge in [-0.05, 0) is 68.7 Å². The highest BCUT2D eigenvalue weighted by molar-refractivity contribution is 8.00. The van der Waals surface area contributed by atoms with Crippen molar-refractivity contribution in [2.24, 2.45) is 0 Å². The standard InChI is InChI=1S/C22H27N3O3S/c26-20-16-29-22(25(20)15-19-5-3-14-28-19)18-8-6-17(7-9-18)21(27)23-10-4-13-24-11-1-2-12-24/h3,5-9,14,22H,1-2,4,10-13,15-16H2,(H,23,27). The smallest absolute Gasteiger partial charge is 0.251 e. The van der Waals surface area contributed by atoms with Gasteiger partial charge < -0.3 is 19.5 Å². The van der Waals surface area contributed by atoms with Crippen molar-refractivity contribution in [3.8, 4) is 0 Å². The van der Waals surface area contributed by atoms with Gasteiger partial charge in [-0.25, -0.2) is 0 Å². The van der Waals surface area contributed by atoms with Crippen molar-refractivity contribution >= 4 is 23.6 Å². The highest BCUT2D eigenvalue weighted by Crippen LogP contribution is 2.39. The van der Waals surface area contributed by atoms with Gasteiger partial charge in [0.15, 0.2) is 0 Å². The molecule has 2 fully saturated rings. The Balaban J connectivity index is 1.30. The zero-order valence-corrected chi connectivity index (χ0v) is 17.3. The van der Waals surface area contributed by atoms with E-state index in [1.54, 1.807) is 18.0 Å². The summed E-state index contributed by atoms with van der Waals surface area (Å²) in [6, 6.07) is 11.3. The Labute approximate surface area is 175 Å². The lowest BCUT2D eigenvalue weighted by Gasteiger charge is -2.23. The molecule has 1 aromatic carbocycles. The summed E-state index contributed by atoms with van der Waals surface area (Å²) in [6.45, 7) is 4.59. The van der Waals surface area contributed by atoms with Crippen molar-refractivity contribution in [2.45, 2.75) is 31.2 Å². The molecule has 1 unspecified atom stereocenters. The van der Waals surface area contributed by atoms with E-state index in [9.17, 15) is 9.59 Å². The molecule has 0 saturated carbocycles. The van der Waals surface area contributed by atoms with Gasteiger partial charge in [0, 0.05) is 12.1 Å². The molecule has 29 heavy (non-hydrogen) atoms. The fourth-order valence-corrected chi connectivity index (χ4v) is 5.07. The zero-order chi connectivity index (χ0) is 20.1. The van der Waals surface area contributed by atoms with Crippen LogP contribution >= 0.6 is 11.8 Å². The number of thioether (sulfide) groups is 1. The summed E-state index contributed by atoms with van der Waals surface area (Å²) in [5.74, 6) is 1.30. The fourth-order valence-electron chi connectivity index (χ4n) is 3.88. The summed E-state index contributed by atoms with van der Waals surface area (Å²) in [4.78, 5) is 29.0. The van der Waals surface area contributed by atoms with Crippen LogP contribution in [0.3, 0.4) is 0 Å². The normalized spacial score (nSPS) is 19.8. The number of carbonyl (C=O) groups excluding carboxylic acids is 2. The zero-order valence-electron chi connectivity index (χ0n) is 16.5. The molecule has 4 rings (SSSR count). The number of hydrogen-bond donors (Lipinski definition) is 1. The largest absolute Gasteiger partial charge is 0.467 e. The first-order chi connectivity index (χ1) is 14.2. The molecular weight excluding hydrogens is 386 g/mol. The van der Waals surface area contributed by atoms with E-state index in [0.717, 1.165) is 24.3 Å². The minimum atomic E-state index is -0.0508. The van der Waals surface area contributed by atoms with Crippen LogP contribution in [0.5, 0.6) is 0 Å². The van der Waals surface area contributed by atoms with Gasteiger partial charge in [0.1, 0.15) is 11.1 Å². The fraction of sp³-hybridized carbons (Fsp3) is 0.455. The van der Waals surface area contributed by atoms with Crippen LogP contribution in [0.2, 0.25) is 0 Å². The average molecular weight is 414 g/mol. The van der Waals surface area contributed by atoms with E-state index < -0.39 is 0 Å². The molecule has 1 atom stereocenters. The number of nitrogens with one attached hydrogen (secondary N) is 1. The van der Waals surface area contributed by atoms with Crippen LogP contribution in [-0.2, 0) is 11.3 Å². The lowest BCUT2D eigenvalue weighted by Crippen LogP contribution is -2.29. The maximum Gasteiger partial charge on any atom is 0.251 e. The van der Waals surface area contributed by atoms with E-state index in [-0.39, 0.29) is 17.2 Å². The first kappa shape index (κ1) is 20.0. The minimum Gasteiger partial charge on any atom is -0.467 e. The quantitative estimate of drug-likeness (QED) is 0.673. The maximum atomic E-state index is 12.4. The highest BCUT2D eigenvalue weighted by Gasteiger charge is 2.33. The number of amides is 2. The number of carbonyl (C=O) groups is 2. The molecule has 154 valence electrons. The molecule has 6 nitrogen and oxygen atoms in total. The van der Waals surface area contributed by atoms with Crippen molar-refractivity contribution < 1.29 is 14.0 Å². The van der Waals surface area contributed by atoms with Gasteiger partial charge in [0.25, 0.3) is 5.91 Å². The molecule has 1 aromatic heterocycles. The van der Waals surface area contributed by atoms with Crippen molar-refractivity contribution in [1.82, 2.24) is 15.1 Å². The van der Waals surface area contributed by atoms with Gasteiger partial charge >= 0.3 is 0 Å². The number of hydrogen-bond acceptors (Lipinski definition) is 5. The summed E-state index contributed by atoms with van der Waals surface area (Å²) >= 11 is 1.61. The molecule has 0 bridgehead atoms. The number of benzene rings is 1. The Hall–Kier alpha value is -2.25. The molecule has 0 spiro atoms. The highest BCUT2D eigenvalue weighted by atomic mass is 32.2. The molecule has 7 heteroatoms. The molecule has 2 aliphatic heterocycles. The Bertz CT molecular complexity index is 816. The van der Waals surface area contributed by atoms with E-state index in [2.05, 4.69) is 10.2 Å². The lowest BCUT2D eigenvalue weighted by molar-refractivity contribution is -0.128. The first-order valence-corrected chi connectivity index (χ1v) is 11.3. The molecule has 3 heterocycles. The number of likely N-dealkylation sites (tertiary alicyclic amines) is 1. The number of nitrogens with zero attached hydrogens (tertiary/aromatic N) is 2. The molecule has 2 aliphatic rings. The Kier molecular flexibility index (Phi) is 6.56. The third-order valence-corrected chi connectivity index (χ3v) is 6.72. The predicted molar refractivity (Wildman–Crippen MR) is 114 cm³/mol. The second-order valence-corrected chi connectivity index (χ2v) is 8.61. The summed E-state index contributed by atoms with van der Waals surface area (Å²) in [7, 11) is 0. The van der Waals surface area contributed by atoms with Crippen molar-refractivity contribution in [2.75, 3.05) is 31.9 Å². The van der Waals surface area contributed by atoms with Gasteiger partial charge in [-0.15, -0.1) is 11.8 Å². The van der Waals surface area contributed by atoms with Crippen LogP contribution in [0, 0.1) is 0 Å². The number of furan rings is 1. The van der Waals surface area contributed by atoms with Crippen LogP contribution in [0.25, 0.3) is 0 Å². The summed E-state index contributed by atoms with van der Waals surface area (Å²) in [5, 5.41) is 2.96. The van der Waals surface area contributed by atoms with Gasteiger partial charge in [0.05, 0.1) is 18.6 Å². The maximum absolute atomic E-state index is 12.4. The van der Waals surface area contributed by atoms with E-state index in [1.807, 2.05) is 41.3 Å². The van der Waals surface area contributed by atoms with Crippen LogP contribution in [-0.4, -0.2) is 53.5 Å². The summed E-state index contributed by atoms with van der Waals surface area (Å²) in [5.41, 5.74) is 1.68. The van der Waals surface area contributed by atoms with E-state index >= 15 is 0 Å². The monoisotopic (exact) mass is 413 g/mol. The van der Waals surface area contributed by atoms with Crippen LogP contribution in [0.1, 0.15) is 46.3 Å². The van der Waals surface area contributed by atoms with Gasteiger partial charge in [-0.3, -0.25) is 9.59 Å². The summed E-state index contributed by atoms with van der Waals surface area (Å²) < 4.78 is 5.40. The first-order valence-electron chi connectivity index (χ1n) is 10.2. The third-order valence-electron chi connectivity index (χ3n) is 5.47. The van der Waals surface area contributed by atoms with Crippen LogP contribution in [0.4, 0.5) is 0 Å². The van der Waals surface area contributed by atoms with E-state index in [4.69, 9.17) is 4.42 Å².